The molecule has 0 N–H and O–H groups in total. The second-order valence-electron chi connectivity index (χ2n) is 3.81. The number of hydrogen-bond acceptors (Lipinski definition) is 5. The summed E-state index contributed by atoms with van der Waals surface area (Å²) in [6.45, 7) is 3.51. The van der Waals surface area contributed by atoms with Crippen molar-refractivity contribution in [2.24, 2.45) is 0 Å². The van der Waals surface area contributed by atoms with Crippen molar-refractivity contribution in [2.45, 2.75) is 13.8 Å². The van der Waals surface area contributed by atoms with E-state index in [1.807, 2.05) is 0 Å². The Hall–Kier alpha value is -1.68. The average Bonchev–Trinajstić information content (AvgIpc) is 2.42. The number of benzene rings is 1. The van der Waals surface area contributed by atoms with Gasteiger partial charge in [-0.2, -0.15) is 0 Å². The first kappa shape index (κ1) is 12.8. The molecule has 0 aliphatic rings. The lowest BCUT2D eigenvalue weighted by Crippen LogP contribution is -2.29. The van der Waals surface area contributed by atoms with Crippen LogP contribution in [0.2, 0.25) is 0 Å². The van der Waals surface area contributed by atoms with Crippen molar-refractivity contribution >= 4 is 18.3 Å². The molecule has 0 amide bonds. The Labute approximate surface area is 104 Å². The van der Waals surface area contributed by atoms with Gasteiger partial charge in [0.1, 0.15) is 5.52 Å². The van der Waals surface area contributed by atoms with E-state index in [9.17, 15) is 9.36 Å². The van der Waals surface area contributed by atoms with E-state index in [4.69, 9.17) is 4.62 Å². The molecular formula is C11H14N3O3P. The van der Waals surface area contributed by atoms with Crippen LogP contribution in [-0.2, 0) is 4.57 Å². The van der Waals surface area contributed by atoms with Crippen LogP contribution in [0.3, 0.4) is 0 Å². The van der Waals surface area contributed by atoms with E-state index in [-0.39, 0.29) is 0 Å². The molecule has 0 bridgehead atoms. The Bertz CT molecular complexity index is 660. The number of fused-ring (bicyclic) bond motifs is 1. The SMILES string of the molecule is CCP(=O)(CC)On1nnc2ccccc2c1=O. The Kier molecular flexibility index (Phi) is 3.48. The van der Waals surface area contributed by atoms with Crippen LogP contribution in [-0.4, -0.2) is 27.5 Å². The first-order valence-corrected chi connectivity index (χ1v) is 7.72. The maximum atomic E-state index is 12.2. The van der Waals surface area contributed by atoms with Crippen LogP contribution >= 0.6 is 7.37 Å². The molecule has 0 spiro atoms. The van der Waals surface area contributed by atoms with Gasteiger partial charge in [-0.05, 0) is 22.2 Å². The van der Waals surface area contributed by atoms with E-state index in [0.717, 1.165) is 4.85 Å². The molecule has 2 aromatic rings. The van der Waals surface area contributed by atoms with Crippen LogP contribution < -0.4 is 10.2 Å². The second-order valence-corrected chi connectivity index (χ2v) is 6.87. The highest BCUT2D eigenvalue weighted by Gasteiger charge is 2.21. The third-order valence-corrected chi connectivity index (χ3v) is 5.11. The molecular weight excluding hydrogens is 253 g/mol. The van der Waals surface area contributed by atoms with Gasteiger partial charge in [0.15, 0.2) is 0 Å². The fourth-order valence-corrected chi connectivity index (χ4v) is 2.57. The zero-order valence-electron chi connectivity index (χ0n) is 10.2. The molecule has 1 heterocycles. The minimum Gasteiger partial charge on any atom is -0.336 e. The molecule has 0 atom stereocenters. The lowest BCUT2D eigenvalue weighted by atomic mass is 10.2. The summed E-state index contributed by atoms with van der Waals surface area (Å²) in [6, 6.07) is 6.82. The summed E-state index contributed by atoms with van der Waals surface area (Å²) in [5, 5.41) is 7.90. The van der Waals surface area contributed by atoms with E-state index in [0.29, 0.717) is 23.2 Å². The molecule has 2 rings (SSSR count). The highest BCUT2D eigenvalue weighted by molar-refractivity contribution is 7.59. The van der Waals surface area contributed by atoms with Crippen LogP contribution in [0.25, 0.3) is 10.9 Å². The van der Waals surface area contributed by atoms with Gasteiger partial charge >= 0.3 is 5.56 Å². The Balaban J connectivity index is 2.50. The summed E-state index contributed by atoms with van der Waals surface area (Å²) in [4.78, 5) is 12.8. The molecule has 6 nitrogen and oxygen atoms in total. The number of aromatic nitrogens is 3. The zero-order valence-corrected chi connectivity index (χ0v) is 11.1. The van der Waals surface area contributed by atoms with Crippen LogP contribution in [0.15, 0.2) is 29.1 Å². The van der Waals surface area contributed by atoms with Crippen molar-refractivity contribution in [3.05, 3.63) is 34.6 Å². The summed E-state index contributed by atoms with van der Waals surface area (Å²) in [5.74, 6) is 0. The predicted octanol–water partition coefficient (Wildman–Crippen LogP) is 1.54. The lowest BCUT2D eigenvalue weighted by molar-refractivity contribution is 0.211. The smallest absolute Gasteiger partial charge is 0.314 e. The first-order chi connectivity index (χ1) is 8.59. The van der Waals surface area contributed by atoms with E-state index < -0.39 is 12.9 Å². The Morgan fingerprint density at radius 2 is 1.94 bits per heavy atom. The highest BCUT2D eigenvalue weighted by Crippen LogP contribution is 2.41. The van der Waals surface area contributed by atoms with E-state index in [2.05, 4.69) is 10.3 Å². The highest BCUT2D eigenvalue weighted by atomic mass is 31.2. The summed E-state index contributed by atoms with van der Waals surface area (Å²) in [6.07, 6.45) is 0.703. The van der Waals surface area contributed by atoms with Crippen molar-refractivity contribution in [2.75, 3.05) is 12.3 Å². The number of nitrogens with zero attached hydrogens (tertiary/aromatic N) is 3. The quantitative estimate of drug-likeness (QED) is 0.785. The monoisotopic (exact) mass is 267 g/mol. The third-order valence-electron chi connectivity index (χ3n) is 2.73. The molecule has 1 aromatic heterocycles. The van der Waals surface area contributed by atoms with Gasteiger partial charge in [0.2, 0.25) is 0 Å². The molecule has 7 heteroatoms. The van der Waals surface area contributed by atoms with Crippen molar-refractivity contribution in [1.29, 1.82) is 0 Å². The maximum absolute atomic E-state index is 12.2. The molecule has 0 aliphatic heterocycles. The van der Waals surface area contributed by atoms with E-state index >= 15 is 0 Å². The molecule has 0 saturated carbocycles. The van der Waals surface area contributed by atoms with Crippen molar-refractivity contribution in [1.82, 2.24) is 15.2 Å². The zero-order chi connectivity index (χ0) is 13.2. The molecule has 96 valence electrons. The summed E-state index contributed by atoms with van der Waals surface area (Å²) in [7, 11) is -2.85. The topological polar surface area (TPSA) is 74.1 Å². The van der Waals surface area contributed by atoms with Crippen molar-refractivity contribution in [3.8, 4) is 0 Å². The number of hydrogen-bond donors (Lipinski definition) is 0. The minimum absolute atomic E-state index is 0.352. The van der Waals surface area contributed by atoms with Gasteiger partial charge in [-0.25, -0.2) is 0 Å². The summed E-state index contributed by atoms with van der Waals surface area (Å²) >= 11 is 0. The van der Waals surface area contributed by atoms with Crippen molar-refractivity contribution in [3.63, 3.8) is 0 Å². The fourth-order valence-electron chi connectivity index (χ4n) is 1.51. The molecule has 0 fully saturated rings. The van der Waals surface area contributed by atoms with Gasteiger partial charge < -0.3 is 4.62 Å². The molecule has 18 heavy (non-hydrogen) atoms. The van der Waals surface area contributed by atoms with Gasteiger partial charge in [0.05, 0.1) is 5.39 Å². The lowest BCUT2D eigenvalue weighted by Gasteiger charge is -2.14. The first-order valence-electron chi connectivity index (χ1n) is 5.72. The molecule has 1 aromatic carbocycles. The fraction of sp³-hybridized carbons (Fsp3) is 0.364. The second kappa shape index (κ2) is 4.90. The van der Waals surface area contributed by atoms with Gasteiger partial charge in [-0.15, -0.1) is 5.10 Å². The molecule has 0 unspecified atom stereocenters. The standard InChI is InChI=1S/C11H14N3O3P/c1-3-18(16,4-2)17-14-11(15)9-7-5-6-8-10(9)12-13-14/h5-8H,3-4H2,1-2H3. The van der Waals surface area contributed by atoms with Gasteiger partial charge in [0, 0.05) is 12.3 Å². The Morgan fingerprint density at radius 1 is 1.28 bits per heavy atom. The van der Waals surface area contributed by atoms with Crippen LogP contribution in [0.4, 0.5) is 0 Å². The summed E-state index contributed by atoms with van der Waals surface area (Å²) < 4.78 is 17.4. The van der Waals surface area contributed by atoms with Crippen molar-refractivity contribution < 1.29 is 9.19 Å². The van der Waals surface area contributed by atoms with Gasteiger partial charge in [0.25, 0.3) is 7.37 Å². The predicted molar refractivity (Wildman–Crippen MR) is 69.1 cm³/mol. The molecule has 0 aliphatic carbocycles. The van der Waals surface area contributed by atoms with E-state index in [1.54, 1.807) is 38.1 Å². The maximum Gasteiger partial charge on any atom is 0.314 e. The van der Waals surface area contributed by atoms with Crippen LogP contribution in [0.1, 0.15) is 13.8 Å². The summed E-state index contributed by atoms with van der Waals surface area (Å²) in [5.41, 5.74) is 0.0490. The number of rotatable bonds is 4. The van der Waals surface area contributed by atoms with Gasteiger partial charge in [-0.1, -0.05) is 26.0 Å². The normalized spacial score (nSPS) is 11.7. The Morgan fingerprint density at radius 3 is 2.61 bits per heavy atom. The van der Waals surface area contributed by atoms with Gasteiger partial charge in [-0.3, -0.25) is 9.36 Å². The molecule has 0 saturated heterocycles. The van der Waals surface area contributed by atoms with E-state index in [1.165, 1.54) is 0 Å². The average molecular weight is 267 g/mol. The van der Waals surface area contributed by atoms with Crippen LogP contribution in [0.5, 0.6) is 0 Å². The van der Waals surface area contributed by atoms with Crippen LogP contribution in [0, 0.1) is 0 Å². The third kappa shape index (κ3) is 2.29. The largest absolute Gasteiger partial charge is 0.336 e. The minimum atomic E-state index is -2.85. The molecule has 0 radical (unpaired) electrons.